The number of anilines is 1. The zero-order chi connectivity index (χ0) is 19.4. The largest absolute Gasteiger partial charge is 0.378 e. The SMILES string of the molecule is CN(C)c1ccc(/C=N\NC(=O)c2cc(-c3ccc(Cl)cc3Cl)n[nH]2)cc1. The minimum atomic E-state index is -0.403. The number of H-pyrrole nitrogens is 1. The number of aromatic amines is 1. The van der Waals surface area contributed by atoms with E-state index in [0.29, 0.717) is 21.3 Å². The van der Waals surface area contributed by atoms with E-state index in [0.717, 1.165) is 11.3 Å². The van der Waals surface area contributed by atoms with E-state index in [4.69, 9.17) is 23.2 Å². The molecule has 3 aromatic rings. The van der Waals surface area contributed by atoms with E-state index in [-0.39, 0.29) is 5.69 Å². The highest BCUT2D eigenvalue weighted by Crippen LogP contribution is 2.29. The van der Waals surface area contributed by atoms with Gasteiger partial charge in [-0.05, 0) is 42.0 Å². The summed E-state index contributed by atoms with van der Waals surface area (Å²) in [6.45, 7) is 0. The first-order valence-corrected chi connectivity index (χ1v) is 8.81. The number of carbonyl (C=O) groups excluding carboxylic acids is 1. The molecule has 0 radical (unpaired) electrons. The third kappa shape index (κ3) is 4.67. The molecule has 0 aliphatic carbocycles. The van der Waals surface area contributed by atoms with Crippen molar-refractivity contribution < 1.29 is 4.79 Å². The highest BCUT2D eigenvalue weighted by atomic mass is 35.5. The van der Waals surface area contributed by atoms with Crippen LogP contribution in [0.5, 0.6) is 0 Å². The van der Waals surface area contributed by atoms with Crippen LogP contribution >= 0.6 is 23.2 Å². The van der Waals surface area contributed by atoms with Gasteiger partial charge in [0.15, 0.2) is 0 Å². The van der Waals surface area contributed by atoms with Crippen molar-refractivity contribution in [1.29, 1.82) is 0 Å². The van der Waals surface area contributed by atoms with Gasteiger partial charge in [0.1, 0.15) is 5.69 Å². The van der Waals surface area contributed by atoms with Gasteiger partial charge in [-0.25, -0.2) is 5.43 Å². The molecule has 8 heteroatoms. The normalized spacial score (nSPS) is 11.0. The fourth-order valence-electron chi connectivity index (χ4n) is 2.36. The van der Waals surface area contributed by atoms with E-state index in [2.05, 4.69) is 20.7 Å². The smallest absolute Gasteiger partial charge is 0.289 e. The molecule has 0 saturated carbocycles. The Morgan fingerprint density at radius 1 is 1.15 bits per heavy atom. The quantitative estimate of drug-likeness (QED) is 0.496. The third-order valence-corrected chi connectivity index (χ3v) is 4.37. The average Bonchev–Trinajstić information content (AvgIpc) is 3.12. The molecule has 1 amide bonds. The van der Waals surface area contributed by atoms with Crippen molar-refractivity contribution in [1.82, 2.24) is 15.6 Å². The van der Waals surface area contributed by atoms with Crippen molar-refractivity contribution in [3.05, 3.63) is 69.8 Å². The Labute approximate surface area is 166 Å². The van der Waals surface area contributed by atoms with Crippen molar-refractivity contribution in [3.8, 4) is 11.3 Å². The molecule has 1 heterocycles. The zero-order valence-electron chi connectivity index (χ0n) is 14.7. The van der Waals surface area contributed by atoms with Crippen LogP contribution < -0.4 is 10.3 Å². The Hall–Kier alpha value is -2.83. The highest BCUT2D eigenvalue weighted by molar-refractivity contribution is 6.36. The second kappa shape index (κ2) is 8.24. The van der Waals surface area contributed by atoms with Gasteiger partial charge in [0.25, 0.3) is 5.91 Å². The van der Waals surface area contributed by atoms with Gasteiger partial charge in [0.2, 0.25) is 0 Å². The minimum absolute atomic E-state index is 0.274. The summed E-state index contributed by atoms with van der Waals surface area (Å²) >= 11 is 12.1. The molecule has 0 saturated heterocycles. The third-order valence-electron chi connectivity index (χ3n) is 3.82. The number of hydrazone groups is 1. The predicted molar refractivity (Wildman–Crippen MR) is 110 cm³/mol. The van der Waals surface area contributed by atoms with Gasteiger partial charge in [-0.3, -0.25) is 9.89 Å². The van der Waals surface area contributed by atoms with E-state index in [1.165, 1.54) is 0 Å². The highest BCUT2D eigenvalue weighted by Gasteiger charge is 2.12. The Morgan fingerprint density at radius 2 is 1.89 bits per heavy atom. The van der Waals surface area contributed by atoms with Crippen LogP contribution in [-0.4, -0.2) is 36.4 Å². The molecule has 0 aliphatic rings. The zero-order valence-corrected chi connectivity index (χ0v) is 16.2. The molecule has 6 nitrogen and oxygen atoms in total. The number of rotatable bonds is 5. The summed E-state index contributed by atoms with van der Waals surface area (Å²) in [6, 6.07) is 14.5. The molecule has 1 aromatic heterocycles. The number of amides is 1. The van der Waals surface area contributed by atoms with Gasteiger partial charge in [-0.15, -0.1) is 0 Å². The summed E-state index contributed by atoms with van der Waals surface area (Å²) in [5.74, 6) is -0.403. The number of nitrogens with zero attached hydrogens (tertiary/aromatic N) is 3. The molecule has 0 atom stereocenters. The fraction of sp³-hybridized carbons (Fsp3) is 0.105. The lowest BCUT2D eigenvalue weighted by Crippen LogP contribution is -2.18. The van der Waals surface area contributed by atoms with Crippen LogP contribution in [0.4, 0.5) is 5.69 Å². The van der Waals surface area contributed by atoms with Crippen LogP contribution in [0.25, 0.3) is 11.3 Å². The van der Waals surface area contributed by atoms with Gasteiger partial charge < -0.3 is 4.90 Å². The van der Waals surface area contributed by atoms with Crippen molar-refractivity contribution in [2.24, 2.45) is 5.10 Å². The number of hydrogen-bond acceptors (Lipinski definition) is 4. The summed E-state index contributed by atoms with van der Waals surface area (Å²) in [5.41, 5.74) is 5.93. The Kier molecular flexibility index (Phi) is 5.78. The Balaban J connectivity index is 1.65. The van der Waals surface area contributed by atoms with Crippen molar-refractivity contribution in [3.63, 3.8) is 0 Å². The topological polar surface area (TPSA) is 73.4 Å². The summed E-state index contributed by atoms with van der Waals surface area (Å²) < 4.78 is 0. The molecule has 0 bridgehead atoms. The Morgan fingerprint density at radius 3 is 2.56 bits per heavy atom. The van der Waals surface area contributed by atoms with E-state index in [1.807, 2.05) is 43.3 Å². The van der Waals surface area contributed by atoms with Crippen LogP contribution in [-0.2, 0) is 0 Å². The molecule has 0 unspecified atom stereocenters. The molecule has 27 heavy (non-hydrogen) atoms. The first kappa shape index (κ1) is 18.9. The first-order valence-electron chi connectivity index (χ1n) is 8.05. The lowest BCUT2D eigenvalue weighted by molar-refractivity contribution is 0.0950. The number of nitrogens with one attached hydrogen (secondary N) is 2. The number of hydrogen-bond donors (Lipinski definition) is 2. The van der Waals surface area contributed by atoms with Crippen LogP contribution in [0.1, 0.15) is 16.1 Å². The number of halogens is 2. The lowest BCUT2D eigenvalue weighted by atomic mass is 10.1. The van der Waals surface area contributed by atoms with Gasteiger partial charge in [0, 0.05) is 30.4 Å². The first-order chi connectivity index (χ1) is 12.9. The monoisotopic (exact) mass is 401 g/mol. The maximum atomic E-state index is 12.2. The summed E-state index contributed by atoms with van der Waals surface area (Å²) in [5, 5.41) is 11.8. The van der Waals surface area contributed by atoms with Crippen molar-refractivity contribution >= 4 is 41.0 Å². The predicted octanol–water partition coefficient (Wildman–Crippen LogP) is 4.21. The number of benzene rings is 2. The average molecular weight is 402 g/mol. The van der Waals surface area contributed by atoms with E-state index < -0.39 is 5.91 Å². The van der Waals surface area contributed by atoms with Crippen molar-refractivity contribution in [2.75, 3.05) is 19.0 Å². The summed E-state index contributed by atoms with van der Waals surface area (Å²) in [4.78, 5) is 14.2. The molecule has 3 rings (SSSR count). The molecule has 2 aromatic carbocycles. The summed E-state index contributed by atoms with van der Waals surface area (Å²) in [6.07, 6.45) is 1.57. The van der Waals surface area contributed by atoms with E-state index in [1.54, 1.807) is 30.5 Å². The van der Waals surface area contributed by atoms with Gasteiger partial charge >= 0.3 is 0 Å². The number of carbonyl (C=O) groups is 1. The molecular formula is C19H17Cl2N5O. The van der Waals surface area contributed by atoms with Crippen LogP contribution in [0.2, 0.25) is 10.0 Å². The van der Waals surface area contributed by atoms with Crippen LogP contribution in [0.15, 0.2) is 53.6 Å². The maximum Gasteiger partial charge on any atom is 0.289 e. The molecule has 0 aliphatic heterocycles. The van der Waals surface area contributed by atoms with Crippen molar-refractivity contribution in [2.45, 2.75) is 0 Å². The summed E-state index contributed by atoms with van der Waals surface area (Å²) in [7, 11) is 3.94. The van der Waals surface area contributed by atoms with E-state index in [9.17, 15) is 4.79 Å². The standard InChI is InChI=1S/C19H17Cl2N5O/c1-26(2)14-6-3-12(4-7-14)11-22-25-19(27)18-10-17(23-24-18)15-8-5-13(20)9-16(15)21/h3-11H,1-2H3,(H,23,24)(H,25,27)/b22-11-. The molecule has 0 spiro atoms. The Bertz CT molecular complexity index is 980. The second-order valence-electron chi connectivity index (χ2n) is 5.98. The molecule has 2 N–H and O–H groups in total. The molecular weight excluding hydrogens is 385 g/mol. The molecule has 0 fully saturated rings. The van der Waals surface area contributed by atoms with E-state index >= 15 is 0 Å². The second-order valence-corrected chi connectivity index (χ2v) is 6.82. The number of aromatic nitrogens is 2. The van der Waals surface area contributed by atoms with Gasteiger partial charge in [0.05, 0.1) is 16.9 Å². The van der Waals surface area contributed by atoms with Crippen LogP contribution in [0, 0.1) is 0 Å². The minimum Gasteiger partial charge on any atom is -0.378 e. The maximum absolute atomic E-state index is 12.2. The fourth-order valence-corrected chi connectivity index (χ4v) is 2.86. The van der Waals surface area contributed by atoms with Crippen LogP contribution in [0.3, 0.4) is 0 Å². The lowest BCUT2D eigenvalue weighted by Gasteiger charge is -2.11. The van der Waals surface area contributed by atoms with Gasteiger partial charge in [-0.1, -0.05) is 35.3 Å². The van der Waals surface area contributed by atoms with Gasteiger partial charge in [-0.2, -0.15) is 10.2 Å². The molecule has 138 valence electrons.